The van der Waals surface area contributed by atoms with Crippen LogP contribution in [0.3, 0.4) is 0 Å². The largest absolute Gasteiger partial charge is 0.463 e. The molecule has 0 aromatic rings. The number of morpholine rings is 1. The van der Waals surface area contributed by atoms with Crippen LogP contribution in [0.25, 0.3) is 0 Å². The van der Waals surface area contributed by atoms with E-state index >= 15 is 0 Å². The summed E-state index contributed by atoms with van der Waals surface area (Å²) in [5.41, 5.74) is 0. The molecule has 6 heteroatoms. The van der Waals surface area contributed by atoms with Crippen molar-refractivity contribution in [2.45, 2.75) is 19.8 Å². The van der Waals surface area contributed by atoms with Gasteiger partial charge in [0, 0.05) is 31.8 Å². The Balaban J connectivity index is 2.04. The van der Waals surface area contributed by atoms with Crippen LogP contribution in [0.5, 0.6) is 0 Å². The summed E-state index contributed by atoms with van der Waals surface area (Å²) < 4.78 is 15.0. The quantitative estimate of drug-likeness (QED) is 0.373. The Labute approximate surface area is 119 Å². The number of esters is 2. The minimum absolute atomic E-state index is 0.352. The molecule has 1 heterocycles. The summed E-state index contributed by atoms with van der Waals surface area (Å²) in [5.74, 6) is -1.03. The third kappa shape index (κ3) is 7.91. The van der Waals surface area contributed by atoms with E-state index in [2.05, 4.69) is 4.90 Å². The maximum atomic E-state index is 11.3. The van der Waals surface area contributed by atoms with Crippen LogP contribution < -0.4 is 0 Å². The van der Waals surface area contributed by atoms with Crippen molar-refractivity contribution in [2.75, 3.05) is 46.1 Å². The van der Waals surface area contributed by atoms with Crippen LogP contribution in [0.15, 0.2) is 12.2 Å². The lowest BCUT2D eigenvalue weighted by molar-refractivity contribution is -0.140. The van der Waals surface area contributed by atoms with Gasteiger partial charge in [-0.2, -0.15) is 0 Å². The Morgan fingerprint density at radius 3 is 2.30 bits per heavy atom. The molecule has 1 saturated heterocycles. The molecule has 0 saturated carbocycles. The van der Waals surface area contributed by atoms with Gasteiger partial charge in [-0.15, -0.1) is 0 Å². The van der Waals surface area contributed by atoms with E-state index in [1.165, 1.54) is 0 Å². The van der Waals surface area contributed by atoms with Crippen LogP contribution >= 0.6 is 0 Å². The molecule has 1 aliphatic heterocycles. The Morgan fingerprint density at radius 2 is 1.70 bits per heavy atom. The normalized spacial score (nSPS) is 16.2. The molecule has 0 unspecified atom stereocenters. The molecule has 0 spiro atoms. The van der Waals surface area contributed by atoms with E-state index in [9.17, 15) is 9.59 Å². The molecule has 0 aliphatic carbocycles. The van der Waals surface area contributed by atoms with Gasteiger partial charge < -0.3 is 14.2 Å². The molecule has 0 bridgehead atoms. The highest BCUT2D eigenvalue weighted by atomic mass is 16.5. The van der Waals surface area contributed by atoms with Crippen molar-refractivity contribution in [2.24, 2.45) is 0 Å². The zero-order valence-corrected chi connectivity index (χ0v) is 12.0. The minimum Gasteiger partial charge on any atom is -0.463 e. The summed E-state index contributed by atoms with van der Waals surface area (Å²) in [7, 11) is 0. The van der Waals surface area contributed by atoms with Crippen molar-refractivity contribution in [3.63, 3.8) is 0 Å². The van der Waals surface area contributed by atoms with E-state index in [0.717, 1.165) is 57.8 Å². The smallest absolute Gasteiger partial charge is 0.331 e. The van der Waals surface area contributed by atoms with Crippen molar-refractivity contribution in [3.8, 4) is 0 Å². The number of carbonyl (C=O) groups is 2. The third-order valence-corrected chi connectivity index (χ3v) is 2.77. The summed E-state index contributed by atoms with van der Waals surface area (Å²) in [4.78, 5) is 24.7. The van der Waals surface area contributed by atoms with Crippen LogP contribution in [0.1, 0.15) is 19.8 Å². The maximum Gasteiger partial charge on any atom is 0.331 e. The summed E-state index contributed by atoms with van der Waals surface area (Å²) in [5, 5.41) is 0. The number of nitrogens with zero attached hydrogens (tertiary/aromatic N) is 1. The summed E-state index contributed by atoms with van der Waals surface area (Å²) in [6.07, 6.45) is 3.73. The first-order chi connectivity index (χ1) is 9.72. The number of hydrogen-bond donors (Lipinski definition) is 0. The molecule has 1 rings (SSSR count). The van der Waals surface area contributed by atoms with Crippen LogP contribution in [-0.2, 0) is 23.8 Å². The molecule has 6 nitrogen and oxygen atoms in total. The second kappa shape index (κ2) is 10.4. The molecule has 114 valence electrons. The van der Waals surface area contributed by atoms with E-state index in [1.807, 2.05) is 6.92 Å². The molecular formula is C14H23NO5. The molecule has 1 aliphatic rings. The van der Waals surface area contributed by atoms with Crippen LogP contribution in [0, 0.1) is 0 Å². The first-order valence-corrected chi connectivity index (χ1v) is 7.04. The van der Waals surface area contributed by atoms with Gasteiger partial charge in [0.05, 0.1) is 26.4 Å². The molecule has 0 amide bonds. The van der Waals surface area contributed by atoms with Gasteiger partial charge >= 0.3 is 11.9 Å². The van der Waals surface area contributed by atoms with Crippen molar-refractivity contribution in [3.05, 3.63) is 12.2 Å². The zero-order valence-electron chi connectivity index (χ0n) is 12.0. The van der Waals surface area contributed by atoms with Crippen LogP contribution in [0.2, 0.25) is 0 Å². The summed E-state index contributed by atoms with van der Waals surface area (Å²) in [6, 6.07) is 0. The molecular weight excluding hydrogens is 262 g/mol. The number of hydrogen-bond acceptors (Lipinski definition) is 6. The number of ether oxygens (including phenoxy) is 3. The van der Waals surface area contributed by atoms with Gasteiger partial charge in [0.1, 0.15) is 0 Å². The number of carbonyl (C=O) groups excluding carboxylic acids is 2. The molecule has 20 heavy (non-hydrogen) atoms. The van der Waals surface area contributed by atoms with E-state index in [1.54, 1.807) is 0 Å². The lowest BCUT2D eigenvalue weighted by Crippen LogP contribution is -2.37. The molecule has 0 radical (unpaired) electrons. The second-order valence-electron chi connectivity index (χ2n) is 4.48. The van der Waals surface area contributed by atoms with Crippen molar-refractivity contribution in [1.82, 2.24) is 4.90 Å². The van der Waals surface area contributed by atoms with Gasteiger partial charge in [0.15, 0.2) is 0 Å². The fourth-order valence-electron chi connectivity index (χ4n) is 1.72. The fraction of sp³-hybridized carbons (Fsp3) is 0.714. The molecule has 0 N–H and O–H groups in total. The van der Waals surface area contributed by atoms with E-state index < -0.39 is 11.9 Å². The van der Waals surface area contributed by atoms with Gasteiger partial charge in [0.2, 0.25) is 0 Å². The SMILES string of the molecule is CCCOC(=O)C=CC(=O)OCCCN1CCOCC1. The Morgan fingerprint density at radius 1 is 1.10 bits per heavy atom. The van der Waals surface area contributed by atoms with Gasteiger partial charge in [0.25, 0.3) is 0 Å². The Kier molecular flexibility index (Phi) is 8.66. The van der Waals surface area contributed by atoms with E-state index in [4.69, 9.17) is 14.2 Å². The number of rotatable bonds is 8. The van der Waals surface area contributed by atoms with E-state index in [0.29, 0.717) is 13.2 Å². The van der Waals surface area contributed by atoms with Gasteiger partial charge in [-0.25, -0.2) is 9.59 Å². The third-order valence-electron chi connectivity index (χ3n) is 2.77. The lowest BCUT2D eigenvalue weighted by Gasteiger charge is -2.26. The second-order valence-corrected chi connectivity index (χ2v) is 4.48. The standard InChI is InChI=1S/C14H23NO5/c1-2-9-19-13(16)4-5-14(17)20-10-3-6-15-7-11-18-12-8-15/h4-5H,2-3,6-12H2,1H3. The minimum atomic E-state index is -0.517. The molecule has 0 atom stereocenters. The predicted octanol–water partition coefficient (Wildman–Crippen LogP) is 0.761. The van der Waals surface area contributed by atoms with Crippen molar-refractivity contribution < 1.29 is 23.8 Å². The average molecular weight is 285 g/mol. The summed E-state index contributed by atoms with van der Waals surface area (Å²) in [6.45, 7) is 6.89. The lowest BCUT2D eigenvalue weighted by atomic mass is 10.3. The predicted molar refractivity (Wildman–Crippen MR) is 73.2 cm³/mol. The molecule has 1 fully saturated rings. The average Bonchev–Trinajstić information content (AvgIpc) is 2.48. The molecule has 0 aromatic carbocycles. The fourth-order valence-corrected chi connectivity index (χ4v) is 1.72. The van der Waals surface area contributed by atoms with Gasteiger partial charge in [-0.1, -0.05) is 6.92 Å². The van der Waals surface area contributed by atoms with E-state index in [-0.39, 0.29) is 0 Å². The Bertz CT molecular complexity index is 324. The van der Waals surface area contributed by atoms with Crippen molar-refractivity contribution >= 4 is 11.9 Å². The van der Waals surface area contributed by atoms with Crippen LogP contribution in [0.4, 0.5) is 0 Å². The molecule has 0 aromatic heterocycles. The Hall–Kier alpha value is -1.40. The monoisotopic (exact) mass is 285 g/mol. The highest BCUT2D eigenvalue weighted by Gasteiger charge is 2.09. The van der Waals surface area contributed by atoms with Crippen molar-refractivity contribution in [1.29, 1.82) is 0 Å². The maximum absolute atomic E-state index is 11.3. The van der Waals surface area contributed by atoms with Gasteiger partial charge in [-0.05, 0) is 12.8 Å². The summed E-state index contributed by atoms with van der Waals surface area (Å²) >= 11 is 0. The topological polar surface area (TPSA) is 65.1 Å². The first-order valence-electron chi connectivity index (χ1n) is 7.04. The zero-order chi connectivity index (χ0) is 14.6. The van der Waals surface area contributed by atoms with Crippen LogP contribution in [-0.4, -0.2) is 62.9 Å². The van der Waals surface area contributed by atoms with Gasteiger partial charge in [-0.3, -0.25) is 4.90 Å². The highest BCUT2D eigenvalue weighted by molar-refractivity contribution is 5.91. The first kappa shape index (κ1) is 16.7. The highest BCUT2D eigenvalue weighted by Crippen LogP contribution is 1.98.